The highest BCUT2D eigenvalue weighted by atomic mass is 15.0. The summed E-state index contributed by atoms with van der Waals surface area (Å²) in [4.78, 5) is 0. The first-order valence-corrected chi connectivity index (χ1v) is 15.2. The molecule has 0 fully saturated rings. The molecular weight excluding hydrogens is 494 g/mol. The molecule has 4 aromatic rings. The standard InChI is InChI=1S/C40H41N/c1-6-8-10-39-28(4)29(5)40(11-9-7-2)41(39)36-20-16-31(17-21-36)33-19-23-38-35(25-33)26-34-24-32(18-22-37(34)38)30-14-12-27(3)13-15-30/h6,8,10,12-18,20-22,24-25H,4,7,9,11,19,23,26H2,1-3,5H3/b8-6-,39-10+. The van der Waals surface area contributed by atoms with Gasteiger partial charge in [-0.1, -0.05) is 98.3 Å². The van der Waals surface area contributed by atoms with Gasteiger partial charge in [-0.15, -0.1) is 0 Å². The summed E-state index contributed by atoms with van der Waals surface area (Å²) in [7, 11) is 0. The average Bonchev–Trinajstić information content (AvgIpc) is 3.48. The Balaban J connectivity index is 1.29. The number of fused-ring (bicyclic) bond motifs is 2. The van der Waals surface area contributed by atoms with Crippen LogP contribution in [0.5, 0.6) is 0 Å². The van der Waals surface area contributed by atoms with Crippen molar-refractivity contribution in [2.75, 3.05) is 0 Å². The van der Waals surface area contributed by atoms with Crippen molar-refractivity contribution in [1.82, 2.24) is 4.57 Å². The van der Waals surface area contributed by atoms with Crippen LogP contribution in [-0.2, 0) is 12.8 Å². The van der Waals surface area contributed by atoms with E-state index in [-0.39, 0.29) is 0 Å². The van der Waals surface area contributed by atoms with Crippen molar-refractivity contribution in [2.45, 2.75) is 66.2 Å². The Bertz CT molecular complexity index is 1800. The van der Waals surface area contributed by atoms with E-state index in [2.05, 4.69) is 130 Å². The fourth-order valence-corrected chi connectivity index (χ4v) is 6.59. The van der Waals surface area contributed by atoms with Gasteiger partial charge >= 0.3 is 0 Å². The third kappa shape index (κ3) is 5.10. The molecule has 0 amide bonds. The monoisotopic (exact) mass is 535 g/mol. The van der Waals surface area contributed by atoms with E-state index in [4.69, 9.17) is 0 Å². The Kier molecular flexibility index (Phi) is 7.54. The molecule has 0 spiro atoms. The maximum Gasteiger partial charge on any atom is 0.0528 e. The molecule has 0 atom stereocenters. The lowest BCUT2D eigenvalue weighted by Crippen LogP contribution is -2.28. The van der Waals surface area contributed by atoms with E-state index in [1.807, 2.05) is 0 Å². The Morgan fingerprint density at radius 1 is 0.878 bits per heavy atom. The Morgan fingerprint density at radius 2 is 1.61 bits per heavy atom. The number of aryl methyl sites for hydroxylation is 1. The molecule has 1 nitrogen and oxygen atoms in total. The normalized spacial score (nSPS) is 15.0. The lowest BCUT2D eigenvalue weighted by Gasteiger charge is -2.17. The van der Waals surface area contributed by atoms with Gasteiger partial charge in [0.15, 0.2) is 0 Å². The van der Waals surface area contributed by atoms with Gasteiger partial charge in [-0.05, 0) is 126 Å². The molecule has 0 aliphatic heterocycles. The third-order valence-electron chi connectivity index (χ3n) is 8.99. The molecule has 0 radical (unpaired) electrons. The largest absolute Gasteiger partial charge is 0.313 e. The quantitative estimate of drug-likeness (QED) is 0.222. The molecule has 2 aliphatic rings. The van der Waals surface area contributed by atoms with Gasteiger partial charge in [0.05, 0.1) is 5.35 Å². The summed E-state index contributed by atoms with van der Waals surface area (Å²) in [5.41, 5.74) is 16.6. The number of allylic oxidation sites excluding steroid dienone is 6. The van der Waals surface area contributed by atoms with Crippen molar-refractivity contribution in [3.63, 3.8) is 0 Å². The molecule has 0 N–H and O–H groups in total. The van der Waals surface area contributed by atoms with E-state index in [9.17, 15) is 0 Å². The number of unbranched alkanes of at least 4 members (excludes halogenated alkanes) is 1. The van der Waals surface area contributed by atoms with Gasteiger partial charge < -0.3 is 4.57 Å². The van der Waals surface area contributed by atoms with Crippen LogP contribution in [0.25, 0.3) is 40.6 Å². The fourth-order valence-electron chi connectivity index (χ4n) is 6.59. The number of benzene rings is 3. The molecule has 41 heavy (non-hydrogen) atoms. The zero-order chi connectivity index (χ0) is 28.5. The van der Waals surface area contributed by atoms with Crippen LogP contribution >= 0.6 is 0 Å². The number of rotatable bonds is 7. The Hall–Kier alpha value is -4.10. The minimum Gasteiger partial charge on any atom is -0.313 e. The molecule has 0 unspecified atom stereocenters. The van der Waals surface area contributed by atoms with E-state index in [1.54, 1.807) is 5.57 Å². The number of nitrogens with zero attached hydrogens (tertiary/aromatic N) is 1. The van der Waals surface area contributed by atoms with Crippen molar-refractivity contribution in [2.24, 2.45) is 0 Å². The first kappa shape index (κ1) is 27.1. The van der Waals surface area contributed by atoms with Crippen LogP contribution in [-0.4, -0.2) is 4.57 Å². The summed E-state index contributed by atoms with van der Waals surface area (Å²) in [6.45, 7) is 13.2. The maximum absolute atomic E-state index is 4.45. The van der Waals surface area contributed by atoms with Gasteiger partial charge in [0.2, 0.25) is 0 Å². The molecule has 0 bridgehead atoms. The minimum atomic E-state index is 1.03. The summed E-state index contributed by atoms with van der Waals surface area (Å²) in [5.74, 6) is 0. The van der Waals surface area contributed by atoms with Crippen LogP contribution in [0.1, 0.15) is 73.0 Å². The molecule has 1 heteroatoms. The highest BCUT2D eigenvalue weighted by Crippen LogP contribution is 2.43. The summed E-state index contributed by atoms with van der Waals surface area (Å²) < 4.78 is 2.44. The van der Waals surface area contributed by atoms with Gasteiger partial charge in [-0.3, -0.25) is 0 Å². The molecule has 1 aromatic heterocycles. The van der Waals surface area contributed by atoms with Crippen LogP contribution in [0.15, 0.2) is 90.5 Å². The molecule has 0 saturated heterocycles. The molecule has 206 valence electrons. The lowest BCUT2D eigenvalue weighted by molar-refractivity contribution is 0.751. The molecular formula is C40H41N. The molecule has 6 rings (SSSR count). The first-order chi connectivity index (χ1) is 20.0. The maximum atomic E-state index is 4.45. The van der Waals surface area contributed by atoms with Gasteiger partial charge in [-0.2, -0.15) is 0 Å². The second-order valence-corrected chi connectivity index (χ2v) is 11.7. The molecule has 0 saturated carbocycles. The van der Waals surface area contributed by atoms with E-state index in [0.717, 1.165) is 30.9 Å². The van der Waals surface area contributed by atoms with Crippen molar-refractivity contribution in [3.8, 4) is 16.8 Å². The number of aromatic nitrogens is 1. The highest BCUT2D eigenvalue weighted by molar-refractivity contribution is 5.87. The van der Waals surface area contributed by atoms with E-state index >= 15 is 0 Å². The van der Waals surface area contributed by atoms with Crippen LogP contribution in [0, 0.1) is 13.8 Å². The van der Waals surface area contributed by atoms with E-state index in [0.29, 0.717) is 0 Å². The van der Waals surface area contributed by atoms with Crippen LogP contribution in [0.2, 0.25) is 0 Å². The predicted molar refractivity (Wildman–Crippen MR) is 178 cm³/mol. The van der Waals surface area contributed by atoms with E-state index in [1.165, 1.54) is 79.7 Å². The Morgan fingerprint density at radius 3 is 2.34 bits per heavy atom. The van der Waals surface area contributed by atoms with Crippen molar-refractivity contribution >= 4 is 23.8 Å². The summed E-state index contributed by atoms with van der Waals surface area (Å²) >= 11 is 0. The van der Waals surface area contributed by atoms with Gasteiger partial charge in [0.1, 0.15) is 0 Å². The van der Waals surface area contributed by atoms with Gasteiger partial charge in [0.25, 0.3) is 0 Å². The zero-order valence-electron chi connectivity index (χ0n) is 25.1. The summed E-state index contributed by atoms with van der Waals surface area (Å²) in [5, 5.41) is 2.33. The number of hydrogen-bond acceptors (Lipinski definition) is 0. The highest BCUT2D eigenvalue weighted by Gasteiger charge is 2.24. The Labute approximate surface area is 245 Å². The molecule has 3 aromatic carbocycles. The van der Waals surface area contributed by atoms with Crippen molar-refractivity contribution in [1.29, 1.82) is 0 Å². The van der Waals surface area contributed by atoms with E-state index < -0.39 is 0 Å². The minimum absolute atomic E-state index is 1.03. The summed E-state index contributed by atoms with van der Waals surface area (Å²) in [6.07, 6.45) is 15.6. The topological polar surface area (TPSA) is 4.93 Å². The average molecular weight is 536 g/mol. The second kappa shape index (κ2) is 11.4. The van der Waals surface area contributed by atoms with Crippen molar-refractivity contribution < 1.29 is 0 Å². The van der Waals surface area contributed by atoms with Crippen LogP contribution in [0.4, 0.5) is 0 Å². The second-order valence-electron chi connectivity index (χ2n) is 11.7. The fraction of sp³-hybridized carbons (Fsp3) is 0.250. The smallest absolute Gasteiger partial charge is 0.0528 e. The van der Waals surface area contributed by atoms with Gasteiger partial charge in [0, 0.05) is 11.4 Å². The number of hydrogen-bond donors (Lipinski definition) is 0. The summed E-state index contributed by atoms with van der Waals surface area (Å²) in [6, 6.07) is 25.2. The van der Waals surface area contributed by atoms with Crippen molar-refractivity contribution in [3.05, 3.63) is 135 Å². The molecule has 2 aliphatic carbocycles. The van der Waals surface area contributed by atoms with Crippen LogP contribution < -0.4 is 10.6 Å². The third-order valence-corrected chi connectivity index (χ3v) is 8.99. The molecule has 1 heterocycles. The zero-order valence-corrected chi connectivity index (χ0v) is 25.1. The van der Waals surface area contributed by atoms with Crippen LogP contribution in [0.3, 0.4) is 0 Å². The first-order valence-electron chi connectivity index (χ1n) is 15.2. The SMILES string of the molecule is C=c1c(C)c(CCCC)n(-c2ccc(C3=CC4=C(CC3)c3ccc(-c5ccc(C)cc5)cc3C4)cc2)/c1=C/C=C\C. The van der Waals surface area contributed by atoms with Gasteiger partial charge in [-0.25, -0.2) is 0 Å². The lowest BCUT2D eigenvalue weighted by atomic mass is 9.88. The predicted octanol–water partition coefficient (Wildman–Crippen LogP) is 9.06.